The smallest absolute Gasteiger partial charge is 0.242 e. The highest BCUT2D eigenvalue weighted by Crippen LogP contribution is 2.28. The number of hydrogen-bond acceptors (Lipinski definition) is 4. The van der Waals surface area contributed by atoms with Gasteiger partial charge >= 0.3 is 0 Å². The van der Waals surface area contributed by atoms with Crippen LogP contribution in [-0.2, 0) is 11.2 Å². The van der Waals surface area contributed by atoms with E-state index in [1.807, 2.05) is 59.7 Å². The third-order valence-corrected chi connectivity index (χ3v) is 3.55. The van der Waals surface area contributed by atoms with Crippen LogP contribution in [-0.4, -0.2) is 50.3 Å². The fraction of sp³-hybridized carbons (Fsp3) is 0.619. The van der Waals surface area contributed by atoms with Crippen molar-refractivity contribution < 1.29 is 14.3 Å². The minimum absolute atomic E-state index is 0.0874. The zero-order chi connectivity index (χ0) is 21.0. The number of carbonyl (C=O) groups excluding carboxylic acids is 1. The van der Waals surface area contributed by atoms with Gasteiger partial charge in [-0.15, -0.1) is 0 Å². The van der Waals surface area contributed by atoms with E-state index in [9.17, 15) is 4.79 Å². The summed E-state index contributed by atoms with van der Waals surface area (Å²) in [7, 11) is 0. The topological polar surface area (TPSA) is 84.0 Å². The lowest BCUT2D eigenvalue weighted by molar-refractivity contribution is -0.121. The molecular formula is C21H36N4O3. The molecule has 158 valence electrons. The molecule has 0 radical (unpaired) electrons. The Morgan fingerprint density at radius 3 is 2.32 bits per heavy atom. The number of aliphatic imine (C=N–C) groups is 1. The number of nitrogens with zero attached hydrogens (tertiary/aromatic N) is 1. The van der Waals surface area contributed by atoms with Crippen LogP contribution in [0.2, 0.25) is 0 Å². The van der Waals surface area contributed by atoms with Crippen molar-refractivity contribution in [1.82, 2.24) is 16.0 Å². The van der Waals surface area contributed by atoms with E-state index >= 15 is 0 Å². The fourth-order valence-electron chi connectivity index (χ4n) is 2.53. The second-order valence-electron chi connectivity index (χ2n) is 7.32. The second-order valence-corrected chi connectivity index (χ2v) is 7.32. The highest BCUT2D eigenvalue weighted by Gasteiger charge is 2.13. The van der Waals surface area contributed by atoms with Crippen molar-refractivity contribution in [2.45, 2.75) is 53.5 Å². The summed E-state index contributed by atoms with van der Waals surface area (Å²) in [5.41, 5.74) is 0.880. The molecule has 0 saturated heterocycles. The normalized spacial score (nSPS) is 11.7. The molecule has 28 heavy (non-hydrogen) atoms. The van der Waals surface area contributed by atoms with E-state index in [1.165, 1.54) is 0 Å². The fourth-order valence-corrected chi connectivity index (χ4v) is 2.53. The first kappa shape index (κ1) is 23.6. The number of ether oxygens (including phenoxy) is 2. The van der Waals surface area contributed by atoms with Crippen molar-refractivity contribution in [3.05, 3.63) is 23.8 Å². The van der Waals surface area contributed by atoms with E-state index in [0.717, 1.165) is 30.0 Å². The lowest BCUT2D eigenvalue weighted by atomic mass is 10.1. The van der Waals surface area contributed by atoms with Gasteiger partial charge in [-0.2, -0.15) is 0 Å². The van der Waals surface area contributed by atoms with E-state index in [-0.39, 0.29) is 18.0 Å². The maximum absolute atomic E-state index is 11.9. The molecule has 0 heterocycles. The molecule has 0 aliphatic heterocycles. The summed E-state index contributed by atoms with van der Waals surface area (Å²) in [6, 6.07) is 5.99. The molecule has 0 saturated carbocycles. The molecule has 3 N–H and O–H groups in total. The number of benzene rings is 1. The Balaban J connectivity index is 2.63. The lowest BCUT2D eigenvalue weighted by Gasteiger charge is -2.20. The summed E-state index contributed by atoms with van der Waals surface area (Å²) < 4.78 is 11.3. The number of hydrogen-bond donors (Lipinski definition) is 3. The largest absolute Gasteiger partial charge is 0.490 e. The van der Waals surface area contributed by atoms with Crippen LogP contribution in [0.25, 0.3) is 0 Å². The summed E-state index contributed by atoms with van der Waals surface area (Å²) in [6.07, 6.45) is 0.797. The first-order valence-electron chi connectivity index (χ1n) is 10.0. The zero-order valence-corrected chi connectivity index (χ0v) is 18.1. The van der Waals surface area contributed by atoms with Gasteiger partial charge in [0.15, 0.2) is 17.5 Å². The molecule has 1 rings (SSSR count). The van der Waals surface area contributed by atoms with Crippen LogP contribution < -0.4 is 25.4 Å². The van der Waals surface area contributed by atoms with Gasteiger partial charge in [0.25, 0.3) is 0 Å². The van der Waals surface area contributed by atoms with Crippen LogP contribution in [0, 0.1) is 0 Å². The molecule has 0 aliphatic rings. The van der Waals surface area contributed by atoms with Crippen LogP contribution in [0.4, 0.5) is 0 Å². The van der Waals surface area contributed by atoms with Crippen LogP contribution >= 0.6 is 0 Å². The first-order valence-corrected chi connectivity index (χ1v) is 10.0. The Kier molecular flexibility index (Phi) is 10.2. The molecule has 7 heteroatoms. The summed E-state index contributed by atoms with van der Waals surface area (Å²) >= 11 is 0. The molecular weight excluding hydrogens is 356 g/mol. The third kappa shape index (κ3) is 9.48. The zero-order valence-electron chi connectivity index (χ0n) is 18.1. The van der Waals surface area contributed by atoms with Gasteiger partial charge in [0.1, 0.15) is 6.54 Å². The van der Waals surface area contributed by atoms with Crippen LogP contribution in [0.15, 0.2) is 23.2 Å². The molecule has 0 spiro atoms. The number of amides is 1. The molecule has 1 aromatic rings. The highest BCUT2D eigenvalue weighted by molar-refractivity contribution is 5.85. The van der Waals surface area contributed by atoms with Crippen LogP contribution in [0.1, 0.15) is 47.1 Å². The molecule has 0 atom stereocenters. The van der Waals surface area contributed by atoms with Gasteiger partial charge in [0, 0.05) is 18.6 Å². The van der Waals surface area contributed by atoms with E-state index < -0.39 is 0 Å². The van der Waals surface area contributed by atoms with Crippen molar-refractivity contribution in [1.29, 1.82) is 0 Å². The maximum atomic E-state index is 11.9. The Morgan fingerprint density at radius 2 is 1.71 bits per heavy atom. The van der Waals surface area contributed by atoms with Crippen molar-refractivity contribution >= 4 is 11.9 Å². The highest BCUT2D eigenvalue weighted by atomic mass is 16.5. The third-order valence-electron chi connectivity index (χ3n) is 3.55. The van der Waals surface area contributed by atoms with E-state index in [4.69, 9.17) is 9.47 Å². The maximum Gasteiger partial charge on any atom is 0.242 e. The summed E-state index contributed by atoms with van der Waals surface area (Å²) in [4.78, 5) is 16.3. The first-order chi connectivity index (χ1) is 13.3. The van der Waals surface area contributed by atoms with Crippen molar-refractivity contribution in [2.75, 3.05) is 32.8 Å². The molecule has 0 aromatic heterocycles. The van der Waals surface area contributed by atoms with Crippen molar-refractivity contribution in [3.63, 3.8) is 0 Å². The molecule has 1 amide bonds. The molecule has 7 nitrogen and oxygen atoms in total. The molecule has 0 aliphatic carbocycles. The van der Waals surface area contributed by atoms with E-state index in [0.29, 0.717) is 25.7 Å². The average Bonchev–Trinajstić information content (AvgIpc) is 2.60. The minimum Gasteiger partial charge on any atom is -0.490 e. The van der Waals surface area contributed by atoms with E-state index in [1.54, 1.807) is 0 Å². The quantitative estimate of drug-likeness (QED) is 0.421. The molecule has 0 bridgehead atoms. The predicted molar refractivity (Wildman–Crippen MR) is 114 cm³/mol. The summed E-state index contributed by atoms with van der Waals surface area (Å²) in [5.74, 6) is 2.06. The molecule has 0 unspecified atom stereocenters. The number of guanidine groups is 1. The minimum atomic E-state index is -0.260. The number of carbonyl (C=O) groups is 1. The van der Waals surface area contributed by atoms with Gasteiger partial charge in [0.2, 0.25) is 5.91 Å². The van der Waals surface area contributed by atoms with Crippen LogP contribution in [0.5, 0.6) is 11.5 Å². The molecule has 0 fully saturated rings. The Bertz CT molecular complexity index is 639. The number of rotatable bonds is 10. The number of nitrogens with one attached hydrogen (secondary N) is 3. The monoisotopic (exact) mass is 392 g/mol. The van der Waals surface area contributed by atoms with Crippen LogP contribution in [0.3, 0.4) is 0 Å². The summed E-state index contributed by atoms with van der Waals surface area (Å²) in [6.45, 7) is 14.5. The van der Waals surface area contributed by atoms with Gasteiger partial charge in [-0.1, -0.05) is 6.07 Å². The average molecular weight is 393 g/mol. The lowest BCUT2D eigenvalue weighted by Crippen LogP contribution is -2.43. The Hall–Kier alpha value is -2.44. The van der Waals surface area contributed by atoms with Gasteiger partial charge in [-0.25, -0.2) is 4.99 Å². The van der Waals surface area contributed by atoms with Gasteiger partial charge in [-0.3, -0.25) is 4.79 Å². The predicted octanol–water partition coefficient (Wildman–Crippen LogP) is 2.50. The van der Waals surface area contributed by atoms with Gasteiger partial charge in [-0.05, 0) is 65.7 Å². The Labute approximate surface area is 169 Å². The van der Waals surface area contributed by atoms with E-state index in [2.05, 4.69) is 20.9 Å². The van der Waals surface area contributed by atoms with Gasteiger partial charge < -0.3 is 25.4 Å². The van der Waals surface area contributed by atoms with Crippen molar-refractivity contribution in [3.8, 4) is 11.5 Å². The molecule has 1 aromatic carbocycles. The van der Waals surface area contributed by atoms with Gasteiger partial charge in [0.05, 0.1) is 13.2 Å². The summed E-state index contributed by atoms with van der Waals surface area (Å²) in [5, 5.41) is 9.33. The Morgan fingerprint density at radius 1 is 1.04 bits per heavy atom. The van der Waals surface area contributed by atoms with Crippen molar-refractivity contribution in [2.24, 2.45) is 4.99 Å². The second kappa shape index (κ2) is 12.1. The standard InChI is InChI=1S/C21H36N4O3/c1-7-22-20(24-15-19(26)25-21(4,5)6)23-13-12-16-10-11-17(27-8-2)18(14-16)28-9-3/h10-11,14H,7-9,12-13,15H2,1-6H3,(H,25,26)(H2,22,23,24). The SMILES string of the molecule is CCNC(=NCC(=O)NC(C)(C)C)NCCc1ccc(OCC)c(OCC)c1.